The maximum Gasteiger partial charge on any atom is 0.252 e. The van der Waals surface area contributed by atoms with Crippen LogP contribution in [0.3, 0.4) is 0 Å². The third-order valence-corrected chi connectivity index (χ3v) is 10.5. The Morgan fingerprint density at radius 1 is 0.448 bits per heavy atom. The van der Waals surface area contributed by atoms with E-state index in [1.807, 2.05) is 27.7 Å². The number of carbonyl (C=O) groups is 6. The smallest absolute Gasteiger partial charge is 0.252 e. The first kappa shape index (κ1) is 61.9. The van der Waals surface area contributed by atoms with Crippen LogP contribution in [0.1, 0.15) is 123 Å². The molecule has 0 saturated heterocycles. The predicted molar refractivity (Wildman–Crippen MR) is 252 cm³/mol. The van der Waals surface area contributed by atoms with Gasteiger partial charge in [-0.1, -0.05) is 27.7 Å². The van der Waals surface area contributed by atoms with E-state index in [9.17, 15) is 74.7 Å². The fourth-order valence-corrected chi connectivity index (χ4v) is 7.46. The fraction of sp³-hybridized carbons (Fsp3) is 0.609. The van der Waals surface area contributed by atoms with E-state index < -0.39 is 105 Å². The molecule has 0 fully saturated rings. The second-order valence-electron chi connectivity index (χ2n) is 15.8. The molecular weight excluding hydrogens is 877 g/mol. The number of anilines is 2. The molecule has 6 amide bonds. The molecule has 0 heterocycles. The molecule has 0 bridgehead atoms. The third kappa shape index (κ3) is 16.6. The van der Waals surface area contributed by atoms with Crippen LogP contribution in [-0.2, 0) is 9.59 Å². The summed E-state index contributed by atoms with van der Waals surface area (Å²) < 4.78 is 0. The Balaban J connectivity index is 0.0000106. The zero-order valence-electron chi connectivity index (χ0n) is 41.2. The van der Waals surface area contributed by atoms with Gasteiger partial charge in [-0.2, -0.15) is 0 Å². The van der Waals surface area contributed by atoms with E-state index in [0.29, 0.717) is 0 Å². The lowest BCUT2D eigenvalue weighted by Gasteiger charge is -2.38. The van der Waals surface area contributed by atoms with Gasteiger partial charge < -0.3 is 77.0 Å². The molecule has 0 aliphatic carbocycles. The summed E-state index contributed by atoms with van der Waals surface area (Å²) in [5, 5.41) is 99.3. The van der Waals surface area contributed by atoms with Gasteiger partial charge in [-0.25, -0.2) is 0 Å². The van der Waals surface area contributed by atoms with E-state index in [0.717, 1.165) is 23.6 Å². The number of hydrogen-bond donors (Lipinski definition) is 13. The van der Waals surface area contributed by atoms with E-state index in [1.54, 1.807) is 0 Å². The normalized spacial score (nSPS) is 13.5. The van der Waals surface area contributed by atoms with E-state index in [4.69, 9.17) is 0 Å². The Morgan fingerprint density at radius 3 is 0.806 bits per heavy atom. The van der Waals surface area contributed by atoms with E-state index >= 15 is 0 Å². The molecule has 0 spiro atoms. The average Bonchev–Trinajstić information content (AvgIpc) is 3.28. The average molecular weight is 953 g/mol. The van der Waals surface area contributed by atoms with Crippen molar-refractivity contribution < 1.29 is 74.7 Å². The lowest BCUT2D eigenvalue weighted by molar-refractivity contribution is -0.117. The van der Waals surface area contributed by atoms with Crippen molar-refractivity contribution in [3.63, 3.8) is 0 Å². The highest BCUT2D eigenvalue weighted by molar-refractivity contribution is 6.09. The quantitative estimate of drug-likeness (QED) is 0.0679. The van der Waals surface area contributed by atoms with E-state index in [-0.39, 0.29) is 93.2 Å². The molecule has 2 rings (SSSR count). The number of aliphatic hydroxyl groups excluding tert-OH is 8. The van der Waals surface area contributed by atoms with Crippen LogP contribution in [0.5, 0.6) is 0 Å². The van der Waals surface area contributed by atoms with Gasteiger partial charge in [0.25, 0.3) is 23.6 Å². The summed E-state index contributed by atoms with van der Waals surface area (Å²) in [5.41, 5.74) is -1.47. The van der Waals surface area contributed by atoms with Gasteiger partial charge in [0, 0.05) is 62.3 Å². The molecule has 21 heteroatoms. The van der Waals surface area contributed by atoms with Crippen molar-refractivity contribution in [2.75, 3.05) is 75.5 Å². The van der Waals surface area contributed by atoms with Crippen molar-refractivity contribution >= 4 is 46.8 Å². The molecule has 0 aromatic heterocycles. The highest BCUT2D eigenvalue weighted by Crippen LogP contribution is 2.38. The van der Waals surface area contributed by atoms with Crippen molar-refractivity contribution in [3.8, 4) is 0 Å². The zero-order valence-corrected chi connectivity index (χ0v) is 41.2. The van der Waals surface area contributed by atoms with Gasteiger partial charge in [-0.3, -0.25) is 28.8 Å². The summed E-state index contributed by atoms with van der Waals surface area (Å²) in [6, 6.07) is 0. The number of amides is 6. The van der Waals surface area contributed by atoms with Crippen LogP contribution >= 0.6 is 0 Å². The maximum absolute atomic E-state index is 13.7. The Kier molecular flexibility index (Phi) is 26.7. The molecule has 4 unspecified atom stereocenters. The van der Waals surface area contributed by atoms with Crippen LogP contribution < -0.4 is 31.1 Å². The monoisotopic (exact) mass is 953 g/mol. The number of nitrogens with zero attached hydrogens (tertiary/aromatic N) is 2. The van der Waals surface area contributed by atoms with Crippen LogP contribution in [0.4, 0.5) is 11.4 Å². The SMILES string of the molecule is CC.CC.CC(=O)N(CC(C)(O)CN(C(C)=O)c1c(C)c(C(=O)NCC(O)CO)c(C)c(C(=O)NCC(O)CO)c1C)c1c(C)c(C(=O)NCC(O)CO)c(C)c(C(=O)NCC(O)CO)c1C. The molecule has 0 radical (unpaired) electrons. The number of carbonyl (C=O) groups excluding carboxylic acids is 6. The van der Waals surface area contributed by atoms with Crippen LogP contribution in [0.15, 0.2) is 0 Å². The van der Waals surface area contributed by atoms with Gasteiger partial charge in [0.05, 0.1) is 80.9 Å². The van der Waals surface area contributed by atoms with Crippen molar-refractivity contribution in [3.05, 3.63) is 55.6 Å². The largest absolute Gasteiger partial charge is 0.394 e. The van der Waals surface area contributed by atoms with Crippen LogP contribution in [-0.4, -0.2) is 177 Å². The minimum atomic E-state index is -2.06. The molecular formula is C46H76N6O15. The lowest BCUT2D eigenvalue weighted by Crippen LogP contribution is -2.52. The number of aliphatic hydroxyl groups is 9. The second-order valence-corrected chi connectivity index (χ2v) is 15.8. The van der Waals surface area contributed by atoms with Gasteiger partial charge in [-0.15, -0.1) is 0 Å². The van der Waals surface area contributed by atoms with Gasteiger partial charge in [0.2, 0.25) is 11.8 Å². The number of rotatable bonds is 22. The molecule has 67 heavy (non-hydrogen) atoms. The number of benzene rings is 2. The zero-order chi connectivity index (χ0) is 52.3. The first-order chi connectivity index (χ1) is 31.3. The predicted octanol–water partition coefficient (Wildman–Crippen LogP) is -0.921. The highest BCUT2D eigenvalue weighted by Gasteiger charge is 2.37. The Labute approximate surface area is 393 Å². The number of nitrogens with one attached hydrogen (secondary N) is 4. The van der Waals surface area contributed by atoms with Crippen molar-refractivity contribution in [2.45, 2.75) is 120 Å². The summed E-state index contributed by atoms with van der Waals surface area (Å²) in [7, 11) is 0. The first-order valence-electron chi connectivity index (χ1n) is 22.2. The van der Waals surface area contributed by atoms with Crippen LogP contribution in [0, 0.1) is 41.5 Å². The summed E-state index contributed by atoms with van der Waals surface area (Å²) in [4.78, 5) is 84.4. The minimum Gasteiger partial charge on any atom is -0.394 e. The molecule has 0 saturated carbocycles. The minimum absolute atomic E-state index is 0.0132. The Morgan fingerprint density at radius 2 is 0.642 bits per heavy atom. The molecule has 2 aromatic rings. The molecule has 0 aliphatic rings. The lowest BCUT2D eigenvalue weighted by atomic mass is 9.88. The summed E-state index contributed by atoms with van der Waals surface area (Å²) >= 11 is 0. The molecule has 2 aromatic carbocycles. The summed E-state index contributed by atoms with van der Waals surface area (Å²) in [6.45, 7) is 15.2. The molecule has 21 nitrogen and oxygen atoms in total. The number of hydrogen-bond acceptors (Lipinski definition) is 15. The molecule has 4 atom stereocenters. The van der Waals surface area contributed by atoms with Gasteiger partial charge in [0.1, 0.15) is 0 Å². The van der Waals surface area contributed by atoms with Gasteiger partial charge >= 0.3 is 0 Å². The molecule has 380 valence electrons. The van der Waals surface area contributed by atoms with Crippen molar-refractivity contribution in [1.29, 1.82) is 0 Å². The van der Waals surface area contributed by atoms with Crippen LogP contribution in [0.25, 0.3) is 0 Å². The van der Waals surface area contributed by atoms with Crippen molar-refractivity contribution in [2.24, 2.45) is 0 Å². The van der Waals surface area contributed by atoms with E-state index in [1.165, 1.54) is 48.5 Å². The topological polar surface area (TPSA) is 339 Å². The highest BCUT2D eigenvalue weighted by atomic mass is 16.3. The Bertz CT molecular complexity index is 1780. The van der Waals surface area contributed by atoms with Crippen LogP contribution in [0.2, 0.25) is 0 Å². The standard InChI is InChI=1S/C42H64N6O15.2C2H6/c1-20-32(38(59)43-10-28(55)14-49)22(3)36(23(4)33(20)39(60)44-11-29(56)15-50)47(26(7)53)18-42(9,63)19-48(27(8)54)37-24(5)34(40(61)45-12-30(57)16-51)21(2)35(25(37)6)41(62)46-13-31(58)17-52;2*1-2/h28-31,49-52,55-58,63H,10-19H2,1-9H3,(H,43,59)(H,44,60)(H,45,61)(H,46,62);2*1-2H3. The Hall–Kier alpha value is -5.10. The third-order valence-electron chi connectivity index (χ3n) is 10.5. The van der Waals surface area contributed by atoms with Crippen molar-refractivity contribution in [1.82, 2.24) is 21.3 Å². The van der Waals surface area contributed by atoms with E-state index in [2.05, 4.69) is 21.3 Å². The van der Waals surface area contributed by atoms with Gasteiger partial charge in [-0.05, 0) is 81.8 Å². The van der Waals surface area contributed by atoms with Gasteiger partial charge in [0.15, 0.2) is 0 Å². The fourth-order valence-electron chi connectivity index (χ4n) is 7.46. The summed E-state index contributed by atoms with van der Waals surface area (Å²) in [6.07, 6.45) is -5.31. The first-order valence-corrected chi connectivity index (χ1v) is 22.2. The summed E-state index contributed by atoms with van der Waals surface area (Å²) in [5.74, 6) is -4.52. The maximum atomic E-state index is 13.7. The second kappa shape index (κ2) is 28.9. The molecule has 0 aliphatic heterocycles. The molecule has 13 N–H and O–H groups in total.